The molecular formula is C75H140O6. The highest BCUT2D eigenvalue weighted by molar-refractivity contribution is 5.71. The molecule has 0 aromatic rings. The maximum Gasteiger partial charge on any atom is 0.306 e. The summed E-state index contributed by atoms with van der Waals surface area (Å²) in [6.45, 7) is 6.69. The number of unbranched alkanes of at least 4 members (excludes halogenated alkanes) is 51. The third-order valence-electron chi connectivity index (χ3n) is 16.6. The Hall–Kier alpha value is -2.37. The number of ether oxygens (including phenoxy) is 3. The summed E-state index contributed by atoms with van der Waals surface area (Å²) in [5, 5.41) is 0. The lowest BCUT2D eigenvalue weighted by Gasteiger charge is -2.18. The third kappa shape index (κ3) is 68.3. The first-order valence-electron chi connectivity index (χ1n) is 36.5. The van der Waals surface area contributed by atoms with E-state index in [-0.39, 0.29) is 31.1 Å². The van der Waals surface area contributed by atoms with Crippen LogP contribution in [0.4, 0.5) is 0 Å². The van der Waals surface area contributed by atoms with Crippen LogP contribution in [0, 0.1) is 0 Å². The fourth-order valence-electron chi connectivity index (χ4n) is 11.1. The van der Waals surface area contributed by atoms with Crippen LogP contribution in [0.2, 0.25) is 0 Å². The van der Waals surface area contributed by atoms with Gasteiger partial charge in [0.1, 0.15) is 13.2 Å². The molecular weight excluding hydrogens is 997 g/mol. The van der Waals surface area contributed by atoms with Gasteiger partial charge in [-0.2, -0.15) is 0 Å². The summed E-state index contributed by atoms with van der Waals surface area (Å²) in [5.41, 5.74) is 0. The number of rotatable bonds is 68. The van der Waals surface area contributed by atoms with Crippen LogP contribution in [0.1, 0.15) is 406 Å². The largest absolute Gasteiger partial charge is 0.462 e. The van der Waals surface area contributed by atoms with Crippen LogP contribution in [0.3, 0.4) is 0 Å². The third-order valence-corrected chi connectivity index (χ3v) is 16.6. The molecule has 0 fully saturated rings. The van der Waals surface area contributed by atoms with Gasteiger partial charge in [0.15, 0.2) is 6.10 Å². The molecule has 0 aromatic heterocycles. The maximum absolute atomic E-state index is 13.0. The number of carbonyl (C=O) groups excluding carboxylic acids is 3. The molecule has 0 bridgehead atoms. The molecule has 1 unspecified atom stereocenters. The van der Waals surface area contributed by atoms with Crippen molar-refractivity contribution in [1.29, 1.82) is 0 Å². The number of hydrogen-bond acceptors (Lipinski definition) is 6. The van der Waals surface area contributed by atoms with Crippen LogP contribution in [-0.2, 0) is 28.6 Å². The second-order valence-corrected chi connectivity index (χ2v) is 24.9. The van der Waals surface area contributed by atoms with Gasteiger partial charge in [0, 0.05) is 19.3 Å². The summed E-state index contributed by atoms with van der Waals surface area (Å²) in [7, 11) is 0. The molecule has 0 heterocycles. The molecule has 0 spiro atoms. The van der Waals surface area contributed by atoms with Crippen molar-refractivity contribution in [2.75, 3.05) is 13.2 Å². The molecule has 0 amide bonds. The Balaban J connectivity index is 4.22. The molecule has 0 radical (unpaired) electrons. The van der Waals surface area contributed by atoms with E-state index in [4.69, 9.17) is 14.2 Å². The molecule has 0 saturated carbocycles. The summed E-state index contributed by atoms with van der Waals surface area (Å²) < 4.78 is 17.0. The monoisotopic (exact) mass is 1140 g/mol. The van der Waals surface area contributed by atoms with E-state index in [1.54, 1.807) is 0 Å². The van der Waals surface area contributed by atoms with Gasteiger partial charge in [0.2, 0.25) is 0 Å². The zero-order chi connectivity index (χ0) is 58.5. The van der Waals surface area contributed by atoms with Gasteiger partial charge in [0.25, 0.3) is 0 Å². The lowest BCUT2D eigenvalue weighted by Crippen LogP contribution is -2.30. The predicted molar refractivity (Wildman–Crippen MR) is 353 cm³/mol. The van der Waals surface area contributed by atoms with Crippen LogP contribution in [0.25, 0.3) is 0 Å². The Kier molecular flexibility index (Phi) is 68.1. The zero-order valence-electron chi connectivity index (χ0n) is 54.8. The molecule has 0 N–H and O–H groups in total. The summed E-state index contributed by atoms with van der Waals surface area (Å²) in [6, 6.07) is 0. The Morgan fingerprint density at radius 2 is 0.444 bits per heavy atom. The highest BCUT2D eigenvalue weighted by atomic mass is 16.6. The highest BCUT2D eigenvalue weighted by Crippen LogP contribution is 2.19. The average molecular weight is 1140 g/mol. The van der Waals surface area contributed by atoms with E-state index in [2.05, 4.69) is 57.2 Å². The van der Waals surface area contributed by atoms with E-state index in [0.29, 0.717) is 19.3 Å². The number of carbonyl (C=O) groups is 3. The minimum Gasteiger partial charge on any atom is -0.462 e. The van der Waals surface area contributed by atoms with Crippen LogP contribution in [0.15, 0.2) is 36.5 Å². The number of hydrogen-bond donors (Lipinski definition) is 0. The van der Waals surface area contributed by atoms with E-state index in [1.165, 1.54) is 289 Å². The van der Waals surface area contributed by atoms with Crippen molar-refractivity contribution >= 4 is 17.9 Å². The molecule has 6 nitrogen and oxygen atoms in total. The fraction of sp³-hybridized carbons (Fsp3) is 0.880. The van der Waals surface area contributed by atoms with Gasteiger partial charge in [-0.3, -0.25) is 14.4 Å². The topological polar surface area (TPSA) is 78.9 Å². The van der Waals surface area contributed by atoms with Crippen molar-refractivity contribution in [3.63, 3.8) is 0 Å². The normalized spacial score (nSPS) is 12.2. The number of allylic oxidation sites excluding steroid dienone is 6. The van der Waals surface area contributed by atoms with Crippen LogP contribution >= 0.6 is 0 Å². The van der Waals surface area contributed by atoms with Crippen LogP contribution in [-0.4, -0.2) is 37.2 Å². The fourth-order valence-corrected chi connectivity index (χ4v) is 11.1. The molecule has 0 rings (SSSR count). The molecule has 0 aromatic carbocycles. The van der Waals surface area contributed by atoms with Crippen molar-refractivity contribution in [3.8, 4) is 0 Å². The first kappa shape index (κ1) is 78.6. The van der Waals surface area contributed by atoms with Crippen molar-refractivity contribution in [2.45, 2.75) is 412 Å². The van der Waals surface area contributed by atoms with E-state index < -0.39 is 6.10 Å². The molecule has 0 aliphatic rings. The highest BCUT2D eigenvalue weighted by Gasteiger charge is 2.19. The van der Waals surface area contributed by atoms with E-state index >= 15 is 0 Å². The predicted octanol–water partition coefficient (Wildman–Crippen LogP) is 25.1. The van der Waals surface area contributed by atoms with Crippen LogP contribution < -0.4 is 0 Å². The molecule has 0 saturated heterocycles. The maximum atomic E-state index is 13.0. The first-order chi connectivity index (χ1) is 40.0. The quantitative estimate of drug-likeness (QED) is 0.0261. The Labute approximate surface area is 506 Å². The average Bonchev–Trinajstić information content (AvgIpc) is 3.47. The molecule has 0 aliphatic carbocycles. The van der Waals surface area contributed by atoms with E-state index in [1.807, 2.05) is 0 Å². The molecule has 81 heavy (non-hydrogen) atoms. The summed E-state index contributed by atoms with van der Waals surface area (Å²) in [6.07, 6.45) is 87.5. The van der Waals surface area contributed by atoms with E-state index in [9.17, 15) is 14.4 Å². The Bertz CT molecular complexity index is 1350. The van der Waals surface area contributed by atoms with Crippen molar-refractivity contribution < 1.29 is 28.6 Å². The van der Waals surface area contributed by atoms with Crippen LogP contribution in [0.5, 0.6) is 0 Å². The van der Waals surface area contributed by atoms with Gasteiger partial charge in [0.05, 0.1) is 0 Å². The molecule has 476 valence electrons. The molecule has 6 heteroatoms. The van der Waals surface area contributed by atoms with Gasteiger partial charge in [-0.1, -0.05) is 346 Å². The minimum atomic E-state index is -0.776. The summed E-state index contributed by atoms with van der Waals surface area (Å²) in [5.74, 6) is -0.854. The van der Waals surface area contributed by atoms with Crippen molar-refractivity contribution in [2.24, 2.45) is 0 Å². The van der Waals surface area contributed by atoms with Crippen molar-refractivity contribution in [1.82, 2.24) is 0 Å². The zero-order valence-corrected chi connectivity index (χ0v) is 54.8. The SMILES string of the molecule is CCCCCC/C=C\C/C=C\CCCCCCCC(=O)OCC(COC(=O)CCCCCCCCCCCCCCCCCCC/C=C\CCCCCCCCCC)OC(=O)CCCCCCCCCCCCCCCCCCCC. The lowest BCUT2D eigenvalue weighted by molar-refractivity contribution is -0.167. The van der Waals surface area contributed by atoms with Gasteiger partial charge in [-0.15, -0.1) is 0 Å². The first-order valence-corrected chi connectivity index (χ1v) is 36.5. The second-order valence-electron chi connectivity index (χ2n) is 24.9. The Morgan fingerprint density at radius 1 is 0.247 bits per heavy atom. The molecule has 0 aliphatic heterocycles. The van der Waals surface area contributed by atoms with Gasteiger partial charge >= 0.3 is 17.9 Å². The number of esters is 3. The summed E-state index contributed by atoms with van der Waals surface area (Å²) in [4.78, 5) is 38.5. The van der Waals surface area contributed by atoms with Gasteiger partial charge in [-0.25, -0.2) is 0 Å². The smallest absolute Gasteiger partial charge is 0.306 e. The van der Waals surface area contributed by atoms with Crippen molar-refractivity contribution in [3.05, 3.63) is 36.5 Å². The Morgan fingerprint density at radius 3 is 0.704 bits per heavy atom. The minimum absolute atomic E-state index is 0.0709. The molecule has 1 atom stereocenters. The summed E-state index contributed by atoms with van der Waals surface area (Å²) >= 11 is 0. The standard InChI is InChI=1S/C75H140O6/c1-4-7-10-13-16-19-22-25-28-31-33-34-35-36-37-38-39-40-41-42-43-45-47-50-53-56-59-62-65-68-74(77)80-71-72(70-79-73(76)67-64-61-58-55-52-49-46-30-27-24-21-18-15-12-9-6-3)81-75(78)69-66-63-60-57-54-51-48-44-32-29-26-23-20-17-14-11-8-5-2/h21,24,30-31,33,46,72H,4-20,22-23,25-29,32,34-45,47-71H2,1-3H3/b24-21-,33-31-,46-30-. The second kappa shape index (κ2) is 70.1. The van der Waals surface area contributed by atoms with Gasteiger partial charge < -0.3 is 14.2 Å². The van der Waals surface area contributed by atoms with Gasteiger partial charge in [-0.05, 0) is 77.0 Å². The lowest BCUT2D eigenvalue weighted by atomic mass is 10.0. The van der Waals surface area contributed by atoms with E-state index in [0.717, 1.165) is 77.0 Å².